The smallest absolute Gasteiger partial charge is 0.0678 e. The van der Waals surface area contributed by atoms with Crippen LogP contribution in [0.5, 0.6) is 0 Å². The molecule has 0 radical (unpaired) electrons. The number of rotatable bonds is 1. The van der Waals surface area contributed by atoms with Gasteiger partial charge in [-0.3, -0.25) is 0 Å². The monoisotopic (exact) mass is 238 g/mol. The third-order valence-corrected chi connectivity index (χ3v) is 5.07. The summed E-state index contributed by atoms with van der Waals surface area (Å²) in [7, 11) is 0. The fourth-order valence-corrected chi connectivity index (χ4v) is 3.89. The number of hydrogen-bond acceptors (Lipinski definition) is 2. The van der Waals surface area contributed by atoms with Gasteiger partial charge in [-0.05, 0) is 50.9 Å². The fourth-order valence-electron chi connectivity index (χ4n) is 3.89. The summed E-state index contributed by atoms with van der Waals surface area (Å²) in [6.07, 6.45) is 4.71. The Bertz CT molecular complexity index is 317. The van der Waals surface area contributed by atoms with Crippen LogP contribution in [0, 0.1) is 23.7 Å². The summed E-state index contributed by atoms with van der Waals surface area (Å²) in [5, 5.41) is 21.2. The summed E-state index contributed by atoms with van der Waals surface area (Å²) >= 11 is 0. The van der Waals surface area contributed by atoms with Crippen LogP contribution in [0.25, 0.3) is 0 Å². The van der Waals surface area contributed by atoms with Gasteiger partial charge in [0.2, 0.25) is 0 Å². The molecule has 2 rings (SSSR count). The Hall–Kier alpha value is -0.340. The molecule has 0 aromatic carbocycles. The molecule has 2 aliphatic carbocycles. The van der Waals surface area contributed by atoms with Gasteiger partial charge in [0.15, 0.2) is 0 Å². The van der Waals surface area contributed by atoms with Gasteiger partial charge in [0.1, 0.15) is 0 Å². The minimum atomic E-state index is -0.698. The summed E-state index contributed by atoms with van der Waals surface area (Å²) in [5.74, 6) is 1.14. The van der Waals surface area contributed by atoms with Crippen molar-refractivity contribution in [2.24, 2.45) is 23.7 Å². The average molecular weight is 238 g/mol. The van der Waals surface area contributed by atoms with Crippen molar-refractivity contribution < 1.29 is 10.2 Å². The lowest BCUT2D eigenvalue weighted by Gasteiger charge is -2.37. The Morgan fingerprint density at radius 1 is 1.41 bits per heavy atom. The number of fused-ring (bicyclic) bond motifs is 1. The van der Waals surface area contributed by atoms with Crippen molar-refractivity contribution in [2.75, 3.05) is 0 Å². The first-order valence-electron chi connectivity index (χ1n) is 6.91. The van der Waals surface area contributed by atoms with Gasteiger partial charge in [-0.25, -0.2) is 0 Å². The van der Waals surface area contributed by atoms with E-state index in [0.717, 1.165) is 19.3 Å². The molecule has 2 aliphatic rings. The Kier molecular flexibility index (Phi) is 3.39. The van der Waals surface area contributed by atoms with Crippen LogP contribution in [0.4, 0.5) is 0 Å². The van der Waals surface area contributed by atoms with Crippen molar-refractivity contribution in [1.82, 2.24) is 0 Å². The van der Waals surface area contributed by atoms with Crippen LogP contribution >= 0.6 is 0 Å². The van der Waals surface area contributed by atoms with Crippen LogP contribution in [0.15, 0.2) is 11.6 Å². The average Bonchev–Trinajstić information content (AvgIpc) is 2.45. The molecule has 5 atom stereocenters. The predicted octanol–water partition coefficient (Wildman–Crippen LogP) is 2.75. The molecular formula is C15H26O2. The molecule has 0 aliphatic heterocycles. The van der Waals surface area contributed by atoms with Crippen LogP contribution in [-0.2, 0) is 0 Å². The Morgan fingerprint density at radius 2 is 2.06 bits per heavy atom. The molecule has 98 valence electrons. The highest BCUT2D eigenvalue weighted by Crippen LogP contribution is 2.49. The van der Waals surface area contributed by atoms with Crippen molar-refractivity contribution in [3.05, 3.63) is 11.6 Å². The molecule has 0 bridgehead atoms. The van der Waals surface area contributed by atoms with Gasteiger partial charge in [-0.1, -0.05) is 25.5 Å². The zero-order valence-electron chi connectivity index (χ0n) is 11.5. The minimum Gasteiger partial charge on any atom is -0.392 e. The zero-order valence-corrected chi connectivity index (χ0v) is 11.5. The topological polar surface area (TPSA) is 40.5 Å². The van der Waals surface area contributed by atoms with Crippen LogP contribution in [0.2, 0.25) is 0 Å². The van der Waals surface area contributed by atoms with Gasteiger partial charge >= 0.3 is 0 Å². The van der Waals surface area contributed by atoms with E-state index in [9.17, 15) is 10.2 Å². The summed E-state index contributed by atoms with van der Waals surface area (Å²) < 4.78 is 0. The lowest BCUT2D eigenvalue weighted by Crippen LogP contribution is -2.44. The number of aliphatic hydroxyl groups is 2. The second-order valence-corrected chi connectivity index (χ2v) is 6.61. The predicted molar refractivity (Wildman–Crippen MR) is 69.5 cm³/mol. The maximum atomic E-state index is 10.6. The second kappa shape index (κ2) is 4.40. The SMILES string of the molecule is CC1=CCC(C(C)C)C(O)C2C1CCC2(C)O. The molecule has 2 heteroatoms. The lowest BCUT2D eigenvalue weighted by molar-refractivity contribution is -0.0736. The van der Waals surface area contributed by atoms with Gasteiger partial charge < -0.3 is 10.2 Å². The van der Waals surface area contributed by atoms with Crippen molar-refractivity contribution in [3.63, 3.8) is 0 Å². The highest BCUT2D eigenvalue weighted by molar-refractivity contribution is 5.17. The molecule has 0 aromatic rings. The molecule has 0 saturated heterocycles. The number of hydrogen-bond donors (Lipinski definition) is 2. The van der Waals surface area contributed by atoms with E-state index in [0.29, 0.717) is 11.8 Å². The standard InChI is InChI=1S/C15H26O2/c1-9(2)11-6-5-10(3)12-7-8-15(4,17)13(12)14(11)16/h5,9,11-14,16-17H,6-8H2,1-4H3. The third kappa shape index (κ3) is 2.17. The highest BCUT2D eigenvalue weighted by atomic mass is 16.3. The summed E-state index contributed by atoms with van der Waals surface area (Å²) in [6, 6.07) is 0. The van der Waals surface area contributed by atoms with Gasteiger partial charge in [0, 0.05) is 5.92 Å². The van der Waals surface area contributed by atoms with Crippen molar-refractivity contribution in [1.29, 1.82) is 0 Å². The third-order valence-electron chi connectivity index (χ3n) is 5.07. The first kappa shape index (κ1) is 13.1. The Morgan fingerprint density at radius 3 is 2.65 bits per heavy atom. The molecule has 2 N–H and O–H groups in total. The van der Waals surface area contributed by atoms with Gasteiger partial charge in [0.25, 0.3) is 0 Å². The quantitative estimate of drug-likeness (QED) is 0.690. The molecule has 17 heavy (non-hydrogen) atoms. The molecular weight excluding hydrogens is 212 g/mol. The normalized spacial score (nSPS) is 46.6. The molecule has 0 aromatic heterocycles. The van der Waals surface area contributed by atoms with Crippen molar-refractivity contribution >= 4 is 0 Å². The van der Waals surface area contributed by atoms with Gasteiger partial charge in [-0.15, -0.1) is 0 Å². The molecule has 0 amide bonds. The molecule has 5 unspecified atom stereocenters. The fraction of sp³-hybridized carbons (Fsp3) is 0.867. The summed E-state index contributed by atoms with van der Waals surface area (Å²) in [6.45, 7) is 8.40. The Balaban J connectivity index is 2.34. The Labute approximate surface area is 105 Å². The van der Waals surface area contributed by atoms with Crippen molar-refractivity contribution in [2.45, 2.75) is 58.7 Å². The van der Waals surface area contributed by atoms with Gasteiger partial charge in [0.05, 0.1) is 11.7 Å². The first-order chi connectivity index (χ1) is 7.84. The largest absolute Gasteiger partial charge is 0.392 e. The van der Waals surface area contributed by atoms with E-state index >= 15 is 0 Å². The maximum Gasteiger partial charge on any atom is 0.0678 e. The second-order valence-electron chi connectivity index (χ2n) is 6.61. The van der Waals surface area contributed by atoms with E-state index < -0.39 is 5.60 Å². The van der Waals surface area contributed by atoms with E-state index in [1.54, 1.807) is 0 Å². The van der Waals surface area contributed by atoms with E-state index in [-0.39, 0.29) is 17.9 Å². The molecule has 1 saturated carbocycles. The van der Waals surface area contributed by atoms with Crippen LogP contribution < -0.4 is 0 Å². The zero-order chi connectivity index (χ0) is 12.8. The minimum absolute atomic E-state index is 0.0219. The van der Waals surface area contributed by atoms with Crippen molar-refractivity contribution in [3.8, 4) is 0 Å². The van der Waals surface area contributed by atoms with E-state index in [1.165, 1.54) is 5.57 Å². The molecule has 2 nitrogen and oxygen atoms in total. The maximum absolute atomic E-state index is 10.6. The van der Waals surface area contributed by atoms with Crippen LogP contribution in [0.1, 0.15) is 47.0 Å². The molecule has 0 spiro atoms. The van der Waals surface area contributed by atoms with Gasteiger partial charge in [-0.2, -0.15) is 0 Å². The summed E-state index contributed by atoms with van der Waals surface area (Å²) in [5.41, 5.74) is 0.673. The molecule has 0 heterocycles. The highest BCUT2D eigenvalue weighted by Gasteiger charge is 2.50. The van der Waals surface area contributed by atoms with E-state index in [1.807, 2.05) is 6.92 Å². The van der Waals surface area contributed by atoms with E-state index in [2.05, 4.69) is 26.8 Å². The lowest BCUT2D eigenvalue weighted by atomic mass is 9.74. The summed E-state index contributed by atoms with van der Waals surface area (Å²) in [4.78, 5) is 0. The van der Waals surface area contributed by atoms with E-state index in [4.69, 9.17) is 0 Å². The first-order valence-corrected chi connectivity index (χ1v) is 6.91. The molecule has 1 fully saturated rings. The van der Waals surface area contributed by atoms with Crippen LogP contribution in [-0.4, -0.2) is 21.9 Å². The number of allylic oxidation sites excluding steroid dienone is 2. The number of aliphatic hydroxyl groups excluding tert-OH is 1. The van der Waals surface area contributed by atoms with Crippen LogP contribution in [0.3, 0.4) is 0 Å².